The summed E-state index contributed by atoms with van der Waals surface area (Å²) in [6, 6.07) is 4.84. The molecular weight excluding hydrogens is 302 g/mol. The number of ether oxygens (including phenoxy) is 1. The van der Waals surface area contributed by atoms with E-state index in [1.165, 1.54) is 13.2 Å². The Labute approximate surface area is 134 Å². The number of phenols is 1. The van der Waals surface area contributed by atoms with Gasteiger partial charge in [-0.3, -0.25) is 4.79 Å². The Morgan fingerprint density at radius 2 is 2.13 bits per heavy atom. The molecule has 1 saturated heterocycles. The van der Waals surface area contributed by atoms with Crippen LogP contribution in [0, 0.1) is 5.41 Å². The van der Waals surface area contributed by atoms with Crippen LogP contribution in [0.5, 0.6) is 11.5 Å². The largest absolute Gasteiger partial charge is 0.540 e. The van der Waals surface area contributed by atoms with E-state index in [0.717, 1.165) is 4.90 Å². The maximum Gasteiger partial charge on any atom is 0.269 e. The van der Waals surface area contributed by atoms with Gasteiger partial charge in [0.2, 0.25) is 0 Å². The minimum Gasteiger partial charge on any atom is -0.540 e. The molecule has 23 heavy (non-hydrogen) atoms. The van der Waals surface area contributed by atoms with Crippen LogP contribution < -0.4 is 9.84 Å². The number of carbonyl (C=O) groups is 2. The molecule has 0 bridgehead atoms. The van der Waals surface area contributed by atoms with E-state index in [4.69, 9.17) is 4.74 Å². The van der Waals surface area contributed by atoms with E-state index in [-0.39, 0.29) is 24.8 Å². The molecule has 0 radical (unpaired) electrons. The number of phenolic OH excluding ortho intramolecular Hbond substituents is 1. The molecule has 3 unspecified atom stereocenters. The molecule has 126 valence electrons. The average molecular weight is 322 g/mol. The van der Waals surface area contributed by atoms with Crippen LogP contribution >= 0.6 is 0 Å². The van der Waals surface area contributed by atoms with Crippen LogP contribution in [0.25, 0.3) is 0 Å². The number of aliphatic hydroxyl groups excluding tert-OH is 1. The molecule has 1 aromatic carbocycles. The minimum absolute atomic E-state index is 0.0531. The average Bonchev–Trinajstić information content (AvgIpc) is 2.85. The summed E-state index contributed by atoms with van der Waals surface area (Å²) in [6.07, 6.45) is -0.781. The van der Waals surface area contributed by atoms with Gasteiger partial charge in [0, 0.05) is 24.4 Å². The highest BCUT2D eigenvalue weighted by Gasteiger charge is 2.48. The number of hydrogen-bond donors (Lipinski definition) is 2. The maximum atomic E-state index is 11.7. The Morgan fingerprint density at radius 3 is 2.61 bits per heavy atom. The molecule has 2 N–H and O–H groups in total. The highest BCUT2D eigenvalue weighted by atomic mass is 16.5. The van der Waals surface area contributed by atoms with Gasteiger partial charge in [0.05, 0.1) is 13.2 Å². The highest BCUT2D eigenvalue weighted by molar-refractivity contribution is 6.30. The van der Waals surface area contributed by atoms with Gasteiger partial charge in [-0.1, -0.05) is 13.0 Å². The van der Waals surface area contributed by atoms with Crippen molar-refractivity contribution in [1.82, 2.24) is 4.90 Å². The number of nitrogens with zero attached hydrogens (tertiary/aromatic N) is 1. The topological polar surface area (TPSA) is 110 Å². The summed E-state index contributed by atoms with van der Waals surface area (Å²) in [5, 5.41) is 30.9. The van der Waals surface area contributed by atoms with Crippen LogP contribution in [0.15, 0.2) is 18.2 Å². The summed E-state index contributed by atoms with van der Waals surface area (Å²) in [5.74, 6) is -2.94. The normalized spacial score (nSPS) is 25.2. The molecule has 1 aromatic rings. The first-order chi connectivity index (χ1) is 10.7. The fraction of sp³-hybridized carbons (Fsp3) is 0.500. The molecule has 1 amide bonds. The summed E-state index contributed by atoms with van der Waals surface area (Å²) in [6.45, 7) is 3.60. The molecule has 1 aliphatic rings. The van der Waals surface area contributed by atoms with Gasteiger partial charge in [0.25, 0.3) is 5.91 Å². The molecular formula is C16H20NO6-. The van der Waals surface area contributed by atoms with Crippen LogP contribution in [0.4, 0.5) is 0 Å². The molecule has 0 aromatic heterocycles. The standard InChI is InChI=1S/C16H21NO6/c1-9(18)16(2)8-17(14(20)15(21)22)7-11(16)10-4-5-13(23-3)12(19)6-10/h4-6,9,11,18-19H,7-8H2,1-3H3,(H,21,22)/p-1. The number of aliphatic hydroxyl groups is 1. The third kappa shape index (κ3) is 2.96. The third-order valence-corrected chi connectivity index (χ3v) is 4.75. The van der Waals surface area contributed by atoms with E-state index in [2.05, 4.69) is 0 Å². The van der Waals surface area contributed by atoms with E-state index >= 15 is 0 Å². The second kappa shape index (κ2) is 6.08. The lowest BCUT2D eigenvalue weighted by molar-refractivity contribution is -0.301. The smallest absolute Gasteiger partial charge is 0.269 e. The number of carboxylic acid groups (broad SMARTS) is 1. The SMILES string of the molecule is COc1ccc(C2CN(C(=O)C(=O)[O-])CC2(C)C(C)O)cc1O. The molecule has 1 aliphatic heterocycles. The van der Waals surface area contributed by atoms with E-state index in [9.17, 15) is 24.9 Å². The predicted molar refractivity (Wildman–Crippen MR) is 78.8 cm³/mol. The van der Waals surface area contributed by atoms with E-state index in [0.29, 0.717) is 11.3 Å². The molecule has 1 fully saturated rings. The van der Waals surface area contributed by atoms with E-state index < -0.39 is 23.4 Å². The van der Waals surface area contributed by atoms with Gasteiger partial charge < -0.3 is 29.8 Å². The Balaban J connectivity index is 2.40. The lowest BCUT2D eigenvalue weighted by atomic mass is 9.72. The van der Waals surface area contributed by atoms with Crippen LogP contribution in [-0.4, -0.2) is 53.3 Å². The highest BCUT2D eigenvalue weighted by Crippen LogP contribution is 2.46. The van der Waals surface area contributed by atoms with Crippen molar-refractivity contribution in [1.29, 1.82) is 0 Å². The zero-order valence-corrected chi connectivity index (χ0v) is 13.3. The van der Waals surface area contributed by atoms with Crippen molar-refractivity contribution in [3.05, 3.63) is 23.8 Å². The number of carboxylic acids is 1. The Kier molecular flexibility index (Phi) is 4.51. The van der Waals surface area contributed by atoms with Crippen molar-refractivity contribution in [3.63, 3.8) is 0 Å². The molecule has 0 spiro atoms. The first kappa shape index (κ1) is 17.1. The third-order valence-electron chi connectivity index (χ3n) is 4.75. The number of benzene rings is 1. The molecule has 2 rings (SSSR count). The van der Waals surface area contributed by atoms with Crippen LogP contribution in [0.3, 0.4) is 0 Å². The Bertz CT molecular complexity index is 629. The van der Waals surface area contributed by atoms with Crippen molar-refractivity contribution >= 4 is 11.9 Å². The number of amides is 1. The summed E-state index contributed by atoms with van der Waals surface area (Å²) in [5.41, 5.74) is -0.0491. The van der Waals surface area contributed by atoms with Crippen molar-refractivity contribution in [2.24, 2.45) is 5.41 Å². The Morgan fingerprint density at radius 1 is 1.48 bits per heavy atom. The fourth-order valence-corrected chi connectivity index (χ4v) is 3.13. The first-order valence-corrected chi connectivity index (χ1v) is 7.26. The number of hydrogen-bond acceptors (Lipinski definition) is 6. The summed E-state index contributed by atoms with van der Waals surface area (Å²) < 4.78 is 5.00. The van der Waals surface area contributed by atoms with Gasteiger partial charge in [-0.05, 0) is 24.6 Å². The van der Waals surface area contributed by atoms with Crippen molar-refractivity contribution in [2.75, 3.05) is 20.2 Å². The summed E-state index contributed by atoms with van der Waals surface area (Å²) in [4.78, 5) is 23.7. The maximum absolute atomic E-state index is 11.7. The van der Waals surface area contributed by atoms with Gasteiger partial charge in [-0.2, -0.15) is 0 Å². The zero-order chi connectivity index (χ0) is 17.4. The minimum atomic E-state index is -1.77. The van der Waals surface area contributed by atoms with E-state index in [1.54, 1.807) is 26.0 Å². The number of likely N-dealkylation sites (tertiary alicyclic amines) is 1. The van der Waals surface area contributed by atoms with Gasteiger partial charge >= 0.3 is 0 Å². The van der Waals surface area contributed by atoms with Gasteiger partial charge in [-0.25, -0.2) is 0 Å². The second-order valence-electron chi connectivity index (χ2n) is 6.14. The van der Waals surface area contributed by atoms with E-state index in [1.807, 2.05) is 0 Å². The number of aliphatic carboxylic acids is 1. The number of carbonyl (C=O) groups excluding carboxylic acids is 2. The van der Waals surface area contributed by atoms with Gasteiger partial charge in [0.15, 0.2) is 11.5 Å². The number of rotatable bonds is 3. The van der Waals surface area contributed by atoms with Crippen molar-refractivity contribution in [3.8, 4) is 11.5 Å². The molecule has 7 heteroatoms. The lowest BCUT2D eigenvalue weighted by Gasteiger charge is -2.33. The van der Waals surface area contributed by atoms with Gasteiger partial charge in [-0.15, -0.1) is 0 Å². The second-order valence-corrected chi connectivity index (χ2v) is 6.14. The van der Waals surface area contributed by atoms with Gasteiger partial charge in [0.1, 0.15) is 5.97 Å². The zero-order valence-electron chi connectivity index (χ0n) is 13.3. The summed E-state index contributed by atoms with van der Waals surface area (Å²) in [7, 11) is 1.43. The predicted octanol–water partition coefficient (Wildman–Crippen LogP) is -0.536. The Hall–Kier alpha value is -2.28. The molecule has 0 aliphatic carbocycles. The number of methoxy groups -OCH3 is 1. The van der Waals surface area contributed by atoms with Crippen molar-refractivity contribution < 1.29 is 29.6 Å². The molecule has 7 nitrogen and oxygen atoms in total. The molecule has 0 saturated carbocycles. The molecule has 3 atom stereocenters. The lowest BCUT2D eigenvalue weighted by Crippen LogP contribution is -2.44. The van der Waals surface area contributed by atoms with Crippen LogP contribution in [-0.2, 0) is 9.59 Å². The molecule has 1 heterocycles. The van der Waals surface area contributed by atoms with Crippen LogP contribution in [0.1, 0.15) is 25.3 Å². The van der Waals surface area contributed by atoms with Crippen LogP contribution in [0.2, 0.25) is 0 Å². The quantitative estimate of drug-likeness (QED) is 0.724. The first-order valence-electron chi connectivity index (χ1n) is 7.26. The fourth-order valence-electron chi connectivity index (χ4n) is 3.13. The summed E-state index contributed by atoms with van der Waals surface area (Å²) >= 11 is 0. The van der Waals surface area contributed by atoms with Crippen molar-refractivity contribution in [2.45, 2.75) is 25.9 Å². The monoisotopic (exact) mass is 322 g/mol. The number of aromatic hydroxyl groups is 1.